The molecule has 0 aliphatic carbocycles. The molecule has 3 rings (SSSR count). The molecule has 1 amide bonds. The van der Waals surface area contributed by atoms with Crippen LogP contribution in [0.15, 0.2) is 55.6 Å². The Morgan fingerprint density at radius 2 is 1.97 bits per heavy atom. The molecule has 1 N–H and O–H groups in total. The van der Waals surface area contributed by atoms with Crippen LogP contribution in [0.2, 0.25) is 0 Å². The van der Waals surface area contributed by atoms with Gasteiger partial charge in [-0.3, -0.25) is 4.79 Å². The van der Waals surface area contributed by atoms with E-state index in [2.05, 4.69) is 28.0 Å². The number of pyridine rings is 1. The monoisotopic (exact) mass is 393 g/mol. The Balaban J connectivity index is 2.08. The van der Waals surface area contributed by atoms with Crippen molar-refractivity contribution in [2.24, 2.45) is 0 Å². The summed E-state index contributed by atoms with van der Waals surface area (Å²) in [7, 11) is 0. The third-order valence-corrected chi connectivity index (χ3v) is 4.82. The van der Waals surface area contributed by atoms with E-state index in [0.717, 1.165) is 27.7 Å². The van der Waals surface area contributed by atoms with Crippen LogP contribution in [-0.4, -0.2) is 22.0 Å². The minimum Gasteiger partial charge on any atom is -0.471 e. The van der Waals surface area contributed by atoms with E-state index in [1.807, 2.05) is 13.8 Å². The molecule has 6 heteroatoms. The van der Waals surface area contributed by atoms with E-state index in [1.54, 1.807) is 30.4 Å². The number of ether oxygens (including phenoxy) is 1. The fraction of sp³-hybridized carbons (Fsp3) is 0.217. The number of allylic oxidation sites excluding steroid dienone is 1. The smallest absolute Gasteiger partial charge is 0.270 e. The van der Waals surface area contributed by atoms with Gasteiger partial charge in [0.25, 0.3) is 5.91 Å². The van der Waals surface area contributed by atoms with Crippen molar-refractivity contribution in [2.45, 2.75) is 27.0 Å². The minimum absolute atomic E-state index is 0.206. The number of aryl methyl sites for hydroxylation is 1. The number of carbonyl (C=O) groups excluding carboxylic acids is 1. The molecule has 0 atom stereocenters. The number of nitrogens with zero attached hydrogens (tertiary/aromatic N) is 2. The van der Waals surface area contributed by atoms with Crippen LogP contribution in [0, 0.1) is 19.7 Å². The van der Waals surface area contributed by atoms with E-state index in [4.69, 9.17) is 4.74 Å². The number of halogens is 1. The molecule has 3 aromatic rings. The third kappa shape index (κ3) is 4.21. The van der Waals surface area contributed by atoms with Gasteiger partial charge in [0.2, 0.25) is 5.88 Å². The second kappa shape index (κ2) is 8.73. The van der Waals surface area contributed by atoms with E-state index in [0.29, 0.717) is 19.0 Å². The first-order valence-corrected chi connectivity index (χ1v) is 9.34. The first-order chi connectivity index (χ1) is 14.0. The van der Waals surface area contributed by atoms with Gasteiger partial charge in [-0.2, -0.15) is 0 Å². The van der Waals surface area contributed by atoms with E-state index in [9.17, 15) is 9.18 Å². The van der Waals surface area contributed by atoms with Crippen molar-refractivity contribution < 1.29 is 13.9 Å². The molecular formula is C23H24FN3O2. The second-order valence-electron chi connectivity index (χ2n) is 6.73. The van der Waals surface area contributed by atoms with E-state index in [-0.39, 0.29) is 24.0 Å². The van der Waals surface area contributed by atoms with Gasteiger partial charge in [-0.05, 0) is 43.2 Å². The number of carbonyl (C=O) groups is 1. The van der Waals surface area contributed by atoms with Crippen molar-refractivity contribution >= 4 is 16.8 Å². The summed E-state index contributed by atoms with van der Waals surface area (Å²) in [5.41, 5.74) is 3.98. The van der Waals surface area contributed by atoms with Crippen molar-refractivity contribution in [3.05, 3.63) is 84.0 Å². The van der Waals surface area contributed by atoms with E-state index in [1.165, 1.54) is 12.1 Å². The lowest BCUT2D eigenvalue weighted by molar-refractivity contribution is 0.0952. The zero-order valence-electron chi connectivity index (χ0n) is 16.7. The SMILES string of the molecule is C=CCNC(=O)c1cc2c(C)c(C)n(CC=C)c2c(OCc2ccc(F)cc2)n1. The topological polar surface area (TPSA) is 56.2 Å². The summed E-state index contributed by atoms with van der Waals surface area (Å²) in [6, 6.07) is 7.87. The lowest BCUT2D eigenvalue weighted by Gasteiger charge is -2.12. The Hall–Kier alpha value is -3.41. The number of hydrogen-bond donors (Lipinski definition) is 1. The van der Waals surface area contributed by atoms with Crippen molar-refractivity contribution in [1.29, 1.82) is 0 Å². The predicted octanol–water partition coefficient (Wildman–Crippen LogP) is 4.47. The van der Waals surface area contributed by atoms with Crippen LogP contribution in [-0.2, 0) is 13.2 Å². The van der Waals surface area contributed by atoms with Crippen molar-refractivity contribution in [3.8, 4) is 5.88 Å². The standard InChI is InChI=1S/C23H24FN3O2/c1-5-11-25-22(28)20-13-19-15(3)16(4)27(12-6-2)21(19)23(26-20)29-14-17-7-9-18(24)10-8-17/h5-10,13H,1-2,11-12,14H2,3-4H3,(H,25,28). The Morgan fingerprint density at radius 1 is 1.24 bits per heavy atom. The van der Waals surface area contributed by atoms with E-state index < -0.39 is 0 Å². The summed E-state index contributed by atoms with van der Waals surface area (Å²) in [6.07, 6.45) is 3.42. The van der Waals surface area contributed by atoms with Crippen molar-refractivity contribution in [2.75, 3.05) is 6.54 Å². The molecule has 0 radical (unpaired) electrons. The van der Waals surface area contributed by atoms with Gasteiger partial charge in [0, 0.05) is 24.2 Å². The maximum Gasteiger partial charge on any atom is 0.270 e. The predicted molar refractivity (Wildman–Crippen MR) is 113 cm³/mol. The number of nitrogens with one attached hydrogen (secondary N) is 1. The van der Waals surface area contributed by atoms with Gasteiger partial charge < -0.3 is 14.6 Å². The first kappa shape index (κ1) is 20.3. The molecule has 0 unspecified atom stereocenters. The van der Waals surface area contributed by atoms with Crippen LogP contribution in [0.25, 0.3) is 10.9 Å². The van der Waals surface area contributed by atoms with Crippen LogP contribution in [0.3, 0.4) is 0 Å². The quantitative estimate of drug-likeness (QED) is 0.575. The Bertz CT molecular complexity index is 1070. The summed E-state index contributed by atoms with van der Waals surface area (Å²) < 4.78 is 21.2. The molecular weight excluding hydrogens is 369 g/mol. The molecule has 2 aromatic heterocycles. The second-order valence-corrected chi connectivity index (χ2v) is 6.73. The fourth-order valence-electron chi connectivity index (χ4n) is 3.19. The van der Waals surface area contributed by atoms with Crippen LogP contribution in [0.4, 0.5) is 4.39 Å². The molecule has 5 nitrogen and oxygen atoms in total. The summed E-state index contributed by atoms with van der Waals surface area (Å²) in [5.74, 6) is -0.248. The van der Waals surface area contributed by atoms with Gasteiger partial charge in [0.1, 0.15) is 23.6 Å². The summed E-state index contributed by atoms with van der Waals surface area (Å²) in [5, 5.41) is 3.65. The average Bonchev–Trinajstić information content (AvgIpc) is 2.96. The summed E-state index contributed by atoms with van der Waals surface area (Å²) >= 11 is 0. The zero-order valence-corrected chi connectivity index (χ0v) is 16.7. The number of rotatable bonds is 8. The number of fused-ring (bicyclic) bond motifs is 1. The van der Waals surface area contributed by atoms with E-state index >= 15 is 0 Å². The average molecular weight is 393 g/mol. The lowest BCUT2D eigenvalue weighted by atomic mass is 10.1. The van der Waals surface area contributed by atoms with Crippen LogP contribution >= 0.6 is 0 Å². The highest BCUT2D eigenvalue weighted by Gasteiger charge is 2.20. The van der Waals surface area contributed by atoms with Gasteiger partial charge >= 0.3 is 0 Å². The number of benzene rings is 1. The highest BCUT2D eigenvalue weighted by Crippen LogP contribution is 2.32. The number of hydrogen-bond acceptors (Lipinski definition) is 3. The molecule has 0 saturated carbocycles. The Morgan fingerprint density at radius 3 is 2.62 bits per heavy atom. The normalized spacial score (nSPS) is 10.7. The van der Waals surface area contributed by atoms with Gasteiger partial charge in [-0.15, -0.1) is 13.2 Å². The first-order valence-electron chi connectivity index (χ1n) is 9.34. The molecule has 29 heavy (non-hydrogen) atoms. The molecule has 0 aliphatic rings. The van der Waals surface area contributed by atoms with Crippen molar-refractivity contribution in [1.82, 2.24) is 14.9 Å². The molecule has 1 aromatic carbocycles. The van der Waals surface area contributed by atoms with Crippen molar-refractivity contribution in [3.63, 3.8) is 0 Å². The lowest BCUT2D eigenvalue weighted by Crippen LogP contribution is -2.24. The van der Waals surface area contributed by atoms with Crippen LogP contribution < -0.4 is 10.1 Å². The van der Waals surface area contributed by atoms with Crippen LogP contribution in [0.5, 0.6) is 5.88 Å². The minimum atomic E-state index is -0.304. The fourth-order valence-corrected chi connectivity index (χ4v) is 3.19. The number of aromatic nitrogens is 2. The van der Waals surface area contributed by atoms with Gasteiger partial charge in [-0.25, -0.2) is 9.37 Å². The molecule has 0 spiro atoms. The molecule has 0 aliphatic heterocycles. The molecule has 0 saturated heterocycles. The molecule has 150 valence electrons. The zero-order chi connectivity index (χ0) is 21.0. The van der Waals surface area contributed by atoms with Gasteiger partial charge in [0.05, 0.1) is 0 Å². The molecule has 0 bridgehead atoms. The van der Waals surface area contributed by atoms with Gasteiger partial charge in [-0.1, -0.05) is 24.3 Å². The Labute approximate surface area is 169 Å². The summed E-state index contributed by atoms with van der Waals surface area (Å²) in [4.78, 5) is 17.0. The maximum absolute atomic E-state index is 13.2. The highest BCUT2D eigenvalue weighted by atomic mass is 19.1. The summed E-state index contributed by atoms with van der Waals surface area (Å²) in [6.45, 7) is 12.6. The van der Waals surface area contributed by atoms with Gasteiger partial charge in [0.15, 0.2) is 0 Å². The largest absolute Gasteiger partial charge is 0.471 e. The number of amides is 1. The molecule has 0 fully saturated rings. The Kier molecular flexibility index (Phi) is 6.12. The molecule has 2 heterocycles. The highest BCUT2D eigenvalue weighted by molar-refractivity contribution is 5.99. The van der Waals surface area contributed by atoms with Crippen LogP contribution in [0.1, 0.15) is 27.3 Å². The third-order valence-electron chi connectivity index (χ3n) is 4.82. The maximum atomic E-state index is 13.2.